The topological polar surface area (TPSA) is 223 Å². The minimum absolute atomic E-state index is 0.0307. The number of unbranched alkanes of at least 4 members (excludes halogenated alkanes) is 6. The molecule has 2 heterocycles. The maximum absolute atomic E-state index is 14.3. The number of nitrogens with two attached hydrogens (primary N) is 2. The third-order valence-electron chi connectivity index (χ3n) is 10.6. The van der Waals surface area contributed by atoms with Crippen LogP contribution in [0.2, 0.25) is 0 Å². The molecule has 0 spiro atoms. The molecule has 1 unspecified atom stereocenters. The number of aromatic hydroxyl groups is 1. The molecule has 5 rings (SSSR count). The van der Waals surface area contributed by atoms with Gasteiger partial charge in [0.15, 0.2) is 12.1 Å². The number of nitrogens with zero attached hydrogens (tertiary/aromatic N) is 1. The number of hydrogen-bond acceptors (Lipinski definition) is 8. The highest BCUT2D eigenvalue weighted by atomic mass is 16.5. The number of carbonyl (C=O) groups excluding carboxylic acids is 4. The van der Waals surface area contributed by atoms with Gasteiger partial charge >= 0.3 is 5.97 Å². The van der Waals surface area contributed by atoms with Crippen LogP contribution in [0.15, 0.2) is 89.9 Å². The molecule has 4 aromatic rings. The zero-order valence-electron chi connectivity index (χ0n) is 34.6. The van der Waals surface area contributed by atoms with Crippen LogP contribution in [0.4, 0.5) is 0 Å². The number of esters is 1. The Morgan fingerprint density at radius 2 is 1.37 bits per heavy atom. The Labute approximate surface area is 352 Å². The Kier molecular flexibility index (Phi) is 17.8. The summed E-state index contributed by atoms with van der Waals surface area (Å²) in [6, 6.07) is 22.6. The van der Waals surface area contributed by atoms with E-state index in [0.29, 0.717) is 25.0 Å². The van der Waals surface area contributed by atoms with Crippen LogP contribution in [-0.2, 0) is 47.9 Å². The van der Waals surface area contributed by atoms with E-state index in [-0.39, 0.29) is 50.5 Å². The molecule has 60 heavy (non-hydrogen) atoms. The van der Waals surface area contributed by atoms with Gasteiger partial charge in [-0.25, -0.2) is 4.79 Å². The lowest BCUT2D eigenvalue weighted by molar-refractivity contribution is -0.159. The number of aromatic nitrogens is 1. The highest BCUT2D eigenvalue weighted by Crippen LogP contribution is 2.20. The van der Waals surface area contributed by atoms with Gasteiger partial charge in [-0.05, 0) is 72.9 Å². The highest BCUT2D eigenvalue weighted by Gasteiger charge is 2.34. The summed E-state index contributed by atoms with van der Waals surface area (Å²) in [5.74, 6) is -2.44. The first-order valence-corrected chi connectivity index (χ1v) is 21.2. The van der Waals surface area contributed by atoms with E-state index in [1.807, 2.05) is 60.7 Å². The minimum Gasteiger partial charge on any atom is -0.508 e. The third-order valence-corrected chi connectivity index (χ3v) is 10.6. The minimum atomic E-state index is -1.22. The summed E-state index contributed by atoms with van der Waals surface area (Å²) in [7, 11) is 0. The van der Waals surface area contributed by atoms with Crippen molar-refractivity contribution in [3.63, 3.8) is 0 Å². The zero-order valence-corrected chi connectivity index (χ0v) is 34.6. The molecule has 0 radical (unpaired) electrons. The van der Waals surface area contributed by atoms with E-state index in [1.54, 1.807) is 24.3 Å². The lowest BCUT2D eigenvalue weighted by Crippen LogP contribution is -2.55. The van der Waals surface area contributed by atoms with Gasteiger partial charge in [-0.2, -0.15) is 0 Å². The number of phenols is 1. The molecule has 0 saturated carbocycles. The quantitative estimate of drug-likeness (QED) is 0.0315. The monoisotopic (exact) mass is 823 g/mol. The lowest BCUT2D eigenvalue weighted by atomic mass is 10.0. The molecule has 1 aliphatic rings. The van der Waals surface area contributed by atoms with Crippen molar-refractivity contribution in [3.05, 3.63) is 102 Å². The number of rotatable bonds is 18. The first kappa shape index (κ1) is 45.2. The van der Waals surface area contributed by atoms with Gasteiger partial charge in [-0.1, -0.05) is 106 Å². The van der Waals surface area contributed by atoms with Crippen molar-refractivity contribution in [2.45, 2.75) is 121 Å². The molecule has 3 amide bonds. The summed E-state index contributed by atoms with van der Waals surface area (Å²) < 4.78 is 12.5. The van der Waals surface area contributed by atoms with Gasteiger partial charge in [0.1, 0.15) is 23.9 Å². The van der Waals surface area contributed by atoms with Crippen molar-refractivity contribution in [2.24, 2.45) is 16.5 Å². The van der Waals surface area contributed by atoms with Gasteiger partial charge in [0.05, 0.1) is 12.6 Å². The number of guanidine groups is 1. The van der Waals surface area contributed by atoms with Gasteiger partial charge < -0.3 is 47.0 Å². The average Bonchev–Trinajstić information content (AvgIpc) is 3.65. The summed E-state index contributed by atoms with van der Waals surface area (Å²) in [5.41, 5.74) is 14.3. The average molecular weight is 824 g/mol. The second-order valence-corrected chi connectivity index (χ2v) is 15.6. The number of ether oxygens (including phenoxy) is 2. The van der Waals surface area contributed by atoms with Crippen LogP contribution in [0.5, 0.6) is 5.75 Å². The van der Waals surface area contributed by atoms with Gasteiger partial charge in [0, 0.05) is 30.6 Å². The van der Waals surface area contributed by atoms with E-state index in [2.05, 4.69) is 32.9 Å². The van der Waals surface area contributed by atoms with Crippen molar-refractivity contribution in [1.82, 2.24) is 20.9 Å². The molecule has 5 atom stereocenters. The SMILES string of the molecule is CCCCCCCCCC1OC(=O)[C@H](Cc2cc3ccccc3[nH]2)NC(=O)[C@H](CCCN=C(N)N)NC(=O)[C@@H](Cc2ccccc2)OC[C@H](Cc2ccc(O)cc2)NC1=O. The summed E-state index contributed by atoms with van der Waals surface area (Å²) in [6.07, 6.45) is 6.05. The van der Waals surface area contributed by atoms with Crippen LogP contribution in [0.25, 0.3) is 10.9 Å². The number of amides is 3. The van der Waals surface area contributed by atoms with Crippen LogP contribution >= 0.6 is 0 Å². The van der Waals surface area contributed by atoms with Crippen molar-refractivity contribution < 1.29 is 33.8 Å². The lowest BCUT2D eigenvalue weighted by Gasteiger charge is -2.26. The number of nitrogens with one attached hydrogen (secondary N) is 4. The molecule has 9 N–H and O–H groups in total. The second kappa shape index (κ2) is 23.6. The maximum atomic E-state index is 14.3. The van der Waals surface area contributed by atoms with E-state index in [0.717, 1.165) is 54.1 Å². The van der Waals surface area contributed by atoms with Gasteiger partial charge in [0.2, 0.25) is 11.8 Å². The molecule has 14 heteroatoms. The first-order valence-electron chi connectivity index (χ1n) is 21.2. The first-order chi connectivity index (χ1) is 29.1. The second-order valence-electron chi connectivity index (χ2n) is 15.6. The summed E-state index contributed by atoms with van der Waals surface area (Å²) in [5, 5.41) is 19.7. The van der Waals surface area contributed by atoms with Crippen molar-refractivity contribution in [1.29, 1.82) is 0 Å². The number of phenolic OH excluding ortho intramolecular Hbond substituents is 1. The van der Waals surface area contributed by atoms with Crippen LogP contribution in [-0.4, -0.2) is 83.2 Å². The number of fused-ring (bicyclic) bond motifs is 1. The molecular weight excluding hydrogens is 763 g/mol. The Bertz CT molecular complexity index is 1970. The fraction of sp³-hybridized carbons (Fsp3) is 0.457. The number of aliphatic imine (C=N–C) groups is 1. The fourth-order valence-electron chi connectivity index (χ4n) is 7.37. The molecular formula is C46H61N7O7. The fourth-order valence-corrected chi connectivity index (χ4v) is 7.37. The van der Waals surface area contributed by atoms with Crippen molar-refractivity contribution >= 4 is 40.6 Å². The number of aromatic amines is 1. The number of benzene rings is 3. The molecule has 0 aliphatic carbocycles. The standard InChI is InChI=1S/C46H61N7O7/c1-2-3-4-5-6-7-11-20-40-43(56)51-35(26-32-21-23-36(54)24-22-32)30-59-41(27-31-15-9-8-10-16-31)44(57)52-38(19-14-25-49-46(47)48)42(55)53-39(45(58)60-40)29-34-28-33-17-12-13-18-37(33)50-34/h8-10,12-13,15-18,21-24,28,35,38-41,50,54H,2-7,11,14,19-20,25-27,29-30H2,1H3,(H,51,56)(H,52,57)(H,53,55)(H4,47,48,49)/t35-,38-,39-,40?,41+/m0/s1. The molecule has 0 bridgehead atoms. The normalized spacial score (nSPS) is 20.6. The molecule has 3 aromatic carbocycles. The number of hydrogen-bond donors (Lipinski definition) is 7. The molecule has 1 aliphatic heterocycles. The Balaban J connectivity index is 1.50. The molecule has 1 saturated heterocycles. The molecule has 322 valence electrons. The van der Waals surface area contributed by atoms with Gasteiger partial charge in [-0.15, -0.1) is 0 Å². The molecule has 1 aromatic heterocycles. The van der Waals surface area contributed by atoms with E-state index < -0.39 is 54.0 Å². The maximum Gasteiger partial charge on any atom is 0.329 e. The molecule has 14 nitrogen and oxygen atoms in total. The summed E-state index contributed by atoms with van der Waals surface area (Å²) >= 11 is 0. The van der Waals surface area contributed by atoms with Crippen LogP contribution < -0.4 is 27.4 Å². The van der Waals surface area contributed by atoms with E-state index in [1.165, 1.54) is 6.42 Å². The summed E-state index contributed by atoms with van der Waals surface area (Å²) in [6.45, 7) is 2.29. The van der Waals surface area contributed by atoms with Crippen LogP contribution in [0, 0.1) is 0 Å². The Morgan fingerprint density at radius 1 is 0.700 bits per heavy atom. The zero-order chi connectivity index (χ0) is 42.7. The van der Waals surface area contributed by atoms with E-state index >= 15 is 0 Å². The van der Waals surface area contributed by atoms with Gasteiger partial charge in [-0.3, -0.25) is 19.4 Å². The van der Waals surface area contributed by atoms with Crippen LogP contribution in [0.1, 0.15) is 88.0 Å². The molecule has 1 fully saturated rings. The van der Waals surface area contributed by atoms with Gasteiger partial charge in [0.25, 0.3) is 5.91 Å². The number of cyclic esters (lactones) is 1. The Morgan fingerprint density at radius 3 is 2.10 bits per heavy atom. The predicted octanol–water partition coefficient (Wildman–Crippen LogP) is 4.86. The largest absolute Gasteiger partial charge is 0.508 e. The smallest absolute Gasteiger partial charge is 0.329 e. The van der Waals surface area contributed by atoms with Crippen LogP contribution in [0.3, 0.4) is 0 Å². The summed E-state index contributed by atoms with van der Waals surface area (Å²) in [4.78, 5) is 64.5. The highest BCUT2D eigenvalue weighted by molar-refractivity contribution is 5.93. The number of H-pyrrole nitrogens is 1. The third kappa shape index (κ3) is 14.7. The van der Waals surface area contributed by atoms with Crippen molar-refractivity contribution in [3.8, 4) is 5.75 Å². The number of carbonyl (C=O) groups is 4. The predicted molar refractivity (Wildman–Crippen MR) is 232 cm³/mol. The van der Waals surface area contributed by atoms with E-state index in [9.17, 15) is 24.3 Å². The Hall–Kier alpha value is -5.89. The van der Waals surface area contributed by atoms with Crippen molar-refractivity contribution in [2.75, 3.05) is 13.2 Å². The van der Waals surface area contributed by atoms with E-state index in [4.69, 9.17) is 20.9 Å². The number of para-hydroxylation sites is 1.